The van der Waals surface area contributed by atoms with Crippen LogP contribution in [-0.4, -0.2) is 28.6 Å². The predicted molar refractivity (Wildman–Crippen MR) is 74.4 cm³/mol. The fraction of sp³-hybridized carbons (Fsp3) is 0.286. The fourth-order valence-electron chi connectivity index (χ4n) is 1.96. The minimum absolute atomic E-state index is 0.109. The highest BCUT2D eigenvalue weighted by molar-refractivity contribution is 6.40. The van der Waals surface area contributed by atoms with Crippen molar-refractivity contribution in [3.8, 4) is 0 Å². The molecule has 1 heterocycles. The van der Waals surface area contributed by atoms with E-state index in [0.717, 1.165) is 0 Å². The maximum Gasteiger partial charge on any atom is 0.333 e. The molecule has 1 aromatic rings. The van der Waals surface area contributed by atoms with Crippen LogP contribution in [0.1, 0.15) is 25.3 Å². The van der Waals surface area contributed by atoms with Crippen molar-refractivity contribution in [1.82, 2.24) is 10.7 Å². The summed E-state index contributed by atoms with van der Waals surface area (Å²) in [4.78, 5) is 34.7. The smallest absolute Gasteiger partial charge is 0.333 e. The Morgan fingerprint density at radius 1 is 1.29 bits per heavy atom. The maximum atomic E-state index is 12.1. The van der Waals surface area contributed by atoms with Gasteiger partial charge in [-0.1, -0.05) is 30.3 Å². The van der Waals surface area contributed by atoms with Crippen molar-refractivity contribution in [3.63, 3.8) is 0 Å². The number of hydrazone groups is 1. The molecule has 1 unspecified atom stereocenters. The highest BCUT2D eigenvalue weighted by Gasteiger charge is 2.38. The molecule has 3 N–H and O–H groups in total. The third-order valence-electron chi connectivity index (χ3n) is 3.31. The van der Waals surface area contributed by atoms with E-state index in [1.165, 1.54) is 6.92 Å². The molecule has 110 valence electrons. The van der Waals surface area contributed by atoms with Gasteiger partial charge >= 0.3 is 5.97 Å². The van der Waals surface area contributed by atoms with Gasteiger partial charge in [0.05, 0.1) is 0 Å². The molecule has 0 saturated heterocycles. The lowest BCUT2D eigenvalue weighted by atomic mass is 9.91. The van der Waals surface area contributed by atoms with Crippen LogP contribution in [0.5, 0.6) is 0 Å². The highest BCUT2D eigenvalue weighted by atomic mass is 16.4. The van der Waals surface area contributed by atoms with Crippen LogP contribution in [0, 0.1) is 0 Å². The molecule has 0 fully saturated rings. The number of aliphatic carboxylic acids is 1. The molecule has 1 aliphatic rings. The van der Waals surface area contributed by atoms with Gasteiger partial charge in [-0.3, -0.25) is 9.59 Å². The number of rotatable bonds is 4. The molecule has 7 heteroatoms. The number of carboxylic acid groups (broad SMARTS) is 1. The zero-order valence-electron chi connectivity index (χ0n) is 11.4. The molecular formula is C14H15N3O4. The Morgan fingerprint density at radius 3 is 2.48 bits per heavy atom. The summed E-state index contributed by atoms with van der Waals surface area (Å²) in [5.41, 5.74) is 1.20. The first-order valence-corrected chi connectivity index (χ1v) is 6.40. The first-order valence-electron chi connectivity index (χ1n) is 6.40. The van der Waals surface area contributed by atoms with E-state index in [9.17, 15) is 19.5 Å². The lowest BCUT2D eigenvalue weighted by molar-refractivity contribution is -0.146. The van der Waals surface area contributed by atoms with Crippen molar-refractivity contribution in [2.75, 3.05) is 0 Å². The van der Waals surface area contributed by atoms with E-state index in [2.05, 4.69) is 15.8 Å². The van der Waals surface area contributed by atoms with E-state index in [0.29, 0.717) is 5.56 Å². The average Bonchev–Trinajstić information content (AvgIpc) is 2.48. The molecule has 0 aromatic heterocycles. The zero-order chi connectivity index (χ0) is 15.5. The Hall–Kier alpha value is -2.70. The fourth-order valence-corrected chi connectivity index (χ4v) is 1.96. The van der Waals surface area contributed by atoms with Gasteiger partial charge in [0.2, 0.25) is 5.91 Å². The van der Waals surface area contributed by atoms with Gasteiger partial charge < -0.3 is 10.4 Å². The SMILES string of the molecule is CC(NC(=O)C1=NNC(=O)CC1)(C(=O)O)c1ccccc1. The van der Waals surface area contributed by atoms with Crippen LogP contribution in [0.15, 0.2) is 35.4 Å². The third kappa shape index (κ3) is 3.07. The van der Waals surface area contributed by atoms with E-state index >= 15 is 0 Å². The van der Waals surface area contributed by atoms with Crippen molar-refractivity contribution >= 4 is 23.5 Å². The van der Waals surface area contributed by atoms with Gasteiger partial charge in [-0.05, 0) is 12.5 Å². The van der Waals surface area contributed by atoms with Crippen molar-refractivity contribution in [2.24, 2.45) is 5.10 Å². The van der Waals surface area contributed by atoms with Crippen LogP contribution in [-0.2, 0) is 19.9 Å². The number of carboxylic acids is 1. The molecule has 2 amide bonds. The van der Waals surface area contributed by atoms with E-state index in [1.54, 1.807) is 30.3 Å². The van der Waals surface area contributed by atoms with Gasteiger partial charge in [0.25, 0.3) is 5.91 Å². The van der Waals surface area contributed by atoms with Crippen molar-refractivity contribution in [1.29, 1.82) is 0 Å². The van der Waals surface area contributed by atoms with Gasteiger partial charge in [-0.15, -0.1) is 0 Å². The number of hydrogen-bond acceptors (Lipinski definition) is 4. The average molecular weight is 289 g/mol. The standard InChI is InChI=1S/C14H15N3O4/c1-14(13(20)21,9-5-3-2-4-6-9)15-12(19)10-7-8-11(18)17-16-10/h2-6H,7-8H2,1H3,(H,15,19)(H,17,18)(H,20,21). The second-order valence-corrected chi connectivity index (χ2v) is 4.84. The number of nitrogens with one attached hydrogen (secondary N) is 2. The van der Waals surface area contributed by atoms with E-state index in [1.807, 2.05) is 0 Å². The molecule has 0 spiro atoms. The zero-order valence-corrected chi connectivity index (χ0v) is 11.4. The Kier molecular flexibility index (Phi) is 4.02. The summed E-state index contributed by atoms with van der Waals surface area (Å²) in [5, 5.41) is 15.6. The molecule has 0 saturated carbocycles. The molecule has 21 heavy (non-hydrogen) atoms. The topological polar surface area (TPSA) is 108 Å². The van der Waals surface area contributed by atoms with Crippen molar-refractivity contribution < 1.29 is 19.5 Å². The second-order valence-electron chi connectivity index (χ2n) is 4.84. The third-order valence-corrected chi connectivity index (χ3v) is 3.31. The summed E-state index contributed by atoms with van der Waals surface area (Å²) in [6.45, 7) is 1.41. The Balaban J connectivity index is 2.23. The van der Waals surface area contributed by atoms with Crippen LogP contribution >= 0.6 is 0 Å². The van der Waals surface area contributed by atoms with Crippen LogP contribution < -0.4 is 10.7 Å². The summed E-state index contributed by atoms with van der Waals surface area (Å²) in [7, 11) is 0. The van der Waals surface area contributed by atoms with Crippen molar-refractivity contribution in [3.05, 3.63) is 35.9 Å². The summed E-state index contributed by atoms with van der Waals surface area (Å²) < 4.78 is 0. The van der Waals surface area contributed by atoms with Gasteiger partial charge in [0, 0.05) is 12.8 Å². The number of nitrogens with zero attached hydrogens (tertiary/aromatic N) is 1. The van der Waals surface area contributed by atoms with E-state index in [4.69, 9.17) is 0 Å². The van der Waals surface area contributed by atoms with Gasteiger partial charge in [0.1, 0.15) is 5.71 Å². The molecule has 0 aliphatic carbocycles. The predicted octanol–water partition coefficient (Wildman–Crippen LogP) is 0.369. The van der Waals surface area contributed by atoms with Crippen LogP contribution in [0.3, 0.4) is 0 Å². The quantitative estimate of drug-likeness (QED) is 0.744. The van der Waals surface area contributed by atoms with Crippen LogP contribution in [0.25, 0.3) is 0 Å². The Morgan fingerprint density at radius 2 is 1.95 bits per heavy atom. The van der Waals surface area contributed by atoms with Gasteiger partial charge in [0.15, 0.2) is 5.54 Å². The van der Waals surface area contributed by atoms with E-state index < -0.39 is 17.4 Å². The lowest BCUT2D eigenvalue weighted by Crippen LogP contribution is -2.52. The summed E-state index contributed by atoms with van der Waals surface area (Å²) in [5.74, 6) is -2.05. The number of hydrogen-bond donors (Lipinski definition) is 3. The molecule has 2 rings (SSSR count). The molecule has 1 aliphatic heterocycles. The number of benzene rings is 1. The number of amides is 2. The first-order chi connectivity index (χ1) is 9.93. The first kappa shape index (κ1) is 14.7. The number of carbonyl (C=O) groups excluding carboxylic acids is 2. The minimum Gasteiger partial charge on any atom is -0.479 e. The minimum atomic E-state index is -1.57. The summed E-state index contributed by atoms with van der Waals surface area (Å²) >= 11 is 0. The highest BCUT2D eigenvalue weighted by Crippen LogP contribution is 2.21. The largest absolute Gasteiger partial charge is 0.479 e. The van der Waals surface area contributed by atoms with Gasteiger partial charge in [-0.25, -0.2) is 10.2 Å². The molecule has 0 radical (unpaired) electrons. The number of carbonyl (C=O) groups is 3. The molecular weight excluding hydrogens is 274 g/mol. The van der Waals surface area contributed by atoms with Crippen LogP contribution in [0.2, 0.25) is 0 Å². The van der Waals surface area contributed by atoms with E-state index in [-0.39, 0.29) is 24.5 Å². The summed E-state index contributed by atoms with van der Waals surface area (Å²) in [6.07, 6.45) is 0.337. The molecule has 0 bridgehead atoms. The maximum absolute atomic E-state index is 12.1. The van der Waals surface area contributed by atoms with Gasteiger partial charge in [-0.2, -0.15) is 5.10 Å². The van der Waals surface area contributed by atoms with Crippen molar-refractivity contribution in [2.45, 2.75) is 25.3 Å². The molecule has 1 atom stereocenters. The summed E-state index contributed by atoms with van der Waals surface area (Å²) in [6, 6.07) is 8.40. The normalized spacial score (nSPS) is 17.2. The Labute approximate surface area is 121 Å². The monoisotopic (exact) mass is 289 g/mol. The Bertz CT molecular complexity index is 612. The molecule has 1 aromatic carbocycles. The van der Waals surface area contributed by atoms with Crippen LogP contribution in [0.4, 0.5) is 0 Å². The molecule has 7 nitrogen and oxygen atoms in total. The lowest BCUT2D eigenvalue weighted by Gasteiger charge is -2.27. The second kappa shape index (κ2) is 5.74.